The molecule has 0 unspecified atom stereocenters. The summed E-state index contributed by atoms with van der Waals surface area (Å²) < 4.78 is 31.1. The van der Waals surface area contributed by atoms with E-state index < -0.39 is 10.0 Å². The Hall–Kier alpha value is -2.03. The van der Waals surface area contributed by atoms with Gasteiger partial charge in [0, 0.05) is 25.1 Å². The predicted molar refractivity (Wildman–Crippen MR) is 113 cm³/mol. The Labute approximate surface area is 171 Å². The Morgan fingerprint density at radius 2 is 1.89 bits per heavy atom. The van der Waals surface area contributed by atoms with Crippen LogP contribution in [0.15, 0.2) is 53.4 Å². The number of thioether (sulfide) groups is 1. The van der Waals surface area contributed by atoms with Gasteiger partial charge < -0.3 is 10.1 Å². The fourth-order valence-electron chi connectivity index (χ4n) is 2.53. The van der Waals surface area contributed by atoms with Crippen molar-refractivity contribution in [2.45, 2.75) is 17.6 Å². The molecule has 0 heterocycles. The van der Waals surface area contributed by atoms with E-state index in [0.717, 1.165) is 15.8 Å². The summed E-state index contributed by atoms with van der Waals surface area (Å²) in [6.07, 6.45) is 0. The number of amides is 1. The normalized spacial score (nSPS) is 11.4. The molecule has 0 aliphatic carbocycles. The number of rotatable bonds is 10. The summed E-state index contributed by atoms with van der Waals surface area (Å²) in [6.45, 7) is 2.33. The highest BCUT2D eigenvalue weighted by atomic mass is 32.2. The minimum atomic E-state index is -3.72. The summed E-state index contributed by atoms with van der Waals surface area (Å²) in [5.41, 5.74) is 2.48. The van der Waals surface area contributed by atoms with Crippen LogP contribution < -0.4 is 10.1 Å². The van der Waals surface area contributed by atoms with Gasteiger partial charge in [-0.15, -0.1) is 0 Å². The van der Waals surface area contributed by atoms with E-state index >= 15 is 0 Å². The number of likely N-dealkylation sites (N-methyl/N-ethyl adjacent to an activating group) is 1. The molecular weight excluding hydrogens is 396 g/mol. The second-order valence-corrected chi connectivity index (χ2v) is 9.48. The van der Waals surface area contributed by atoms with Gasteiger partial charge in [-0.3, -0.25) is 4.79 Å². The SMILES string of the molecule is COc1ccc(S(=O)(=O)N(C)CC(=O)NCCSCc2cccc(C)c2)cc1. The monoisotopic (exact) mass is 422 g/mol. The Morgan fingerprint density at radius 1 is 1.18 bits per heavy atom. The van der Waals surface area contributed by atoms with Gasteiger partial charge >= 0.3 is 0 Å². The molecule has 2 aromatic carbocycles. The van der Waals surface area contributed by atoms with E-state index in [1.807, 2.05) is 6.07 Å². The molecule has 0 saturated heterocycles. The molecule has 0 aromatic heterocycles. The molecule has 6 nitrogen and oxygen atoms in total. The lowest BCUT2D eigenvalue weighted by Gasteiger charge is -2.17. The second kappa shape index (κ2) is 10.5. The van der Waals surface area contributed by atoms with Gasteiger partial charge in [-0.05, 0) is 36.8 Å². The van der Waals surface area contributed by atoms with Gasteiger partial charge in [0.15, 0.2) is 0 Å². The van der Waals surface area contributed by atoms with Crippen LogP contribution in [0.5, 0.6) is 5.75 Å². The van der Waals surface area contributed by atoms with Crippen molar-refractivity contribution in [3.8, 4) is 5.75 Å². The number of hydrogen-bond donors (Lipinski definition) is 1. The molecule has 8 heteroatoms. The molecule has 28 heavy (non-hydrogen) atoms. The van der Waals surface area contributed by atoms with Crippen LogP contribution in [-0.2, 0) is 20.6 Å². The smallest absolute Gasteiger partial charge is 0.243 e. The van der Waals surface area contributed by atoms with Crippen LogP contribution in [0.4, 0.5) is 0 Å². The third-order valence-corrected chi connectivity index (χ3v) is 6.90. The zero-order valence-electron chi connectivity index (χ0n) is 16.3. The number of nitrogens with one attached hydrogen (secondary N) is 1. The number of hydrogen-bond acceptors (Lipinski definition) is 5. The maximum atomic E-state index is 12.5. The molecule has 2 rings (SSSR count). The number of ether oxygens (including phenoxy) is 1. The number of carbonyl (C=O) groups is 1. The lowest BCUT2D eigenvalue weighted by Crippen LogP contribution is -2.39. The van der Waals surface area contributed by atoms with Crippen molar-refractivity contribution in [1.82, 2.24) is 9.62 Å². The van der Waals surface area contributed by atoms with Gasteiger partial charge in [-0.25, -0.2) is 8.42 Å². The van der Waals surface area contributed by atoms with Gasteiger partial charge in [0.2, 0.25) is 15.9 Å². The van der Waals surface area contributed by atoms with E-state index in [0.29, 0.717) is 12.3 Å². The van der Waals surface area contributed by atoms with Gasteiger partial charge in [0.1, 0.15) is 5.75 Å². The number of methoxy groups -OCH3 is 1. The third kappa shape index (κ3) is 6.54. The zero-order chi connectivity index (χ0) is 20.6. The van der Waals surface area contributed by atoms with Crippen molar-refractivity contribution in [3.05, 3.63) is 59.7 Å². The van der Waals surface area contributed by atoms with Gasteiger partial charge in [0.25, 0.3) is 0 Å². The summed E-state index contributed by atoms with van der Waals surface area (Å²) in [4.78, 5) is 12.2. The highest BCUT2D eigenvalue weighted by Crippen LogP contribution is 2.18. The summed E-state index contributed by atoms with van der Waals surface area (Å²) in [6, 6.07) is 14.4. The Morgan fingerprint density at radius 3 is 2.54 bits per heavy atom. The molecular formula is C20H26N2O4S2. The van der Waals surface area contributed by atoms with Crippen molar-refractivity contribution < 1.29 is 17.9 Å². The van der Waals surface area contributed by atoms with E-state index in [2.05, 4.69) is 30.4 Å². The summed E-state index contributed by atoms with van der Waals surface area (Å²) in [5, 5.41) is 2.77. The van der Waals surface area contributed by atoms with E-state index in [1.54, 1.807) is 23.9 Å². The molecule has 0 bridgehead atoms. The van der Waals surface area contributed by atoms with Gasteiger partial charge in [0.05, 0.1) is 18.6 Å². The number of aryl methyl sites for hydroxylation is 1. The summed E-state index contributed by atoms with van der Waals surface area (Å²) >= 11 is 1.72. The topological polar surface area (TPSA) is 75.7 Å². The first-order valence-corrected chi connectivity index (χ1v) is 11.4. The van der Waals surface area contributed by atoms with E-state index in [-0.39, 0.29) is 17.3 Å². The Balaban J connectivity index is 1.75. The van der Waals surface area contributed by atoms with Crippen LogP contribution in [0.25, 0.3) is 0 Å². The lowest BCUT2D eigenvalue weighted by atomic mass is 10.2. The summed E-state index contributed by atoms with van der Waals surface area (Å²) in [7, 11) is -0.815. The zero-order valence-corrected chi connectivity index (χ0v) is 18.0. The van der Waals surface area contributed by atoms with Gasteiger partial charge in [-0.1, -0.05) is 29.8 Å². The number of benzene rings is 2. The maximum Gasteiger partial charge on any atom is 0.243 e. The van der Waals surface area contributed by atoms with Crippen LogP contribution in [0.3, 0.4) is 0 Å². The molecule has 0 aliphatic heterocycles. The highest BCUT2D eigenvalue weighted by molar-refractivity contribution is 7.98. The molecule has 0 aliphatic rings. The molecule has 0 fully saturated rings. The van der Waals surface area contributed by atoms with Crippen molar-refractivity contribution in [2.75, 3.05) is 33.0 Å². The molecule has 1 amide bonds. The summed E-state index contributed by atoms with van der Waals surface area (Å²) in [5.74, 6) is 1.89. The fourth-order valence-corrected chi connectivity index (χ4v) is 4.46. The molecule has 0 spiro atoms. The average molecular weight is 423 g/mol. The molecule has 152 valence electrons. The molecule has 1 N–H and O–H groups in total. The van der Waals surface area contributed by atoms with Crippen LogP contribution in [0.1, 0.15) is 11.1 Å². The average Bonchev–Trinajstić information content (AvgIpc) is 2.67. The largest absolute Gasteiger partial charge is 0.497 e. The van der Waals surface area contributed by atoms with Crippen molar-refractivity contribution in [3.63, 3.8) is 0 Å². The molecule has 0 saturated carbocycles. The Kier molecular flexibility index (Phi) is 8.35. The first-order chi connectivity index (χ1) is 13.3. The lowest BCUT2D eigenvalue weighted by molar-refractivity contribution is -0.121. The minimum absolute atomic E-state index is 0.123. The van der Waals surface area contributed by atoms with Crippen molar-refractivity contribution in [1.29, 1.82) is 0 Å². The first-order valence-electron chi connectivity index (χ1n) is 8.83. The number of sulfonamides is 1. The van der Waals surface area contributed by atoms with Crippen LogP contribution in [0.2, 0.25) is 0 Å². The standard InChI is InChI=1S/C20H26N2O4S2/c1-16-5-4-6-17(13-16)15-27-12-11-21-20(23)14-22(2)28(24,25)19-9-7-18(26-3)8-10-19/h4-10,13H,11-12,14-15H2,1-3H3,(H,21,23). The fraction of sp³-hybridized carbons (Fsp3) is 0.350. The Bertz CT molecular complexity index is 883. The van der Waals surface area contributed by atoms with E-state index in [9.17, 15) is 13.2 Å². The molecule has 0 radical (unpaired) electrons. The third-order valence-electron chi connectivity index (χ3n) is 4.05. The van der Waals surface area contributed by atoms with E-state index in [4.69, 9.17) is 4.74 Å². The maximum absolute atomic E-state index is 12.5. The molecule has 0 atom stereocenters. The predicted octanol–water partition coefficient (Wildman–Crippen LogP) is 2.67. The minimum Gasteiger partial charge on any atom is -0.497 e. The number of nitrogens with zero attached hydrogens (tertiary/aromatic N) is 1. The van der Waals surface area contributed by atoms with Crippen LogP contribution >= 0.6 is 11.8 Å². The number of carbonyl (C=O) groups excluding carboxylic acids is 1. The van der Waals surface area contributed by atoms with Crippen molar-refractivity contribution >= 4 is 27.7 Å². The van der Waals surface area contributed by atoms with Crippen molar-refractivity contribution in [2.24, 2.45) is 0 Å². The first kappa shape index (κ1) is 22.3. The van der Waals surface area contributed by atoms with Crippen LogP contribution in [0, 0.1) is 6.92 Å². The van der Waals surface area contributed by atoms with Gasteiger partial charge in [-0.2, -0.15) is 16.1 Å². The second-order valence-electron chi connectivity index (χ2n) is 6.33. The van der Waals surface area contributed by atoms with Crippen LogP contribution in [-0.4, -0.2) is 51.6 Å². The highest BCUT2D eigenvalue weighted by Gasteiger charge is 2.22. The van der Waals surface area contributed by atoms with E-state index in [1.165, 1.54) is 37.4 Å². The molecule has 2 aromatic rings. The quantitative estimate of drug-likeness (QED) is 0.596.